The molecule has 0 aromatic heterocycles. The number of nitrogens with zero attached hydrogens (tertiary/aromatic N) is 2. The van der Waals surface area contributed by atoms with E-state index in [1.54, 1.807) is 28.4 Å². The summed E-state index contributed by atoms with van der Waals surface area (Å²) in [5.41, 5.74) is 5.09. The maximum absolute atomic E-state index is 13.4. The molecule has 0 aliphatic carbocycles. The molecule has 10 rings (SSSR count). The molecule has 2 saturated heterocycles. The first-order chi connectivity index (χ1) is 39.6. The number of hydrogen-bond acceptors (Lipinski definition) is 10. The van der Waals surface area contributed by atoms with Crippen molar-refractivity contribution in [3.05, 3.63) is 168 Å². The Hall–Kier alpha value is -4.51. The van der Waals surface area contributed by atoms with E-state index in [4.69, 9.17) is 27.8 Å². The zero-order chi connectivity index (χ0) is 58.1. The van der Waals surface area contributed by atoms with Gasteiger partial charge in [-0.05, 0) is 128 Å². The van der Waals surface area contributed by atoms with Gasteiger partial charge in [0, 0.05) is 72.2 Å². The summed E-state index contributed by atoms with van der Waals surface area (Å²) in [5.74, 6) is 3.84. The third kappa shape index (κ3) is 14.4. The van der Waals surface area contributed by atoms with Crippen LogP contribution in [0.3, 0.4) is 0 Å². The van der Waals surface area contributed by atoms with Gasteiger partial charge in [0.1, 0.15) is 5.78 Å². The number of carbonyl (C=O) groups excluding carboxylic acids is 1. The molecule has 0 bridgehead atoms. The van der Waals surface area contributed by atoms with Crippen LogP contribution in [0.1, 0.15) is 129 Å². The van der Waals surface area contributed by atoms with Crippen molar-refractivity contribution in [1.82, 2.24) is 9.80 Å². The molecular formula is C70H93BN2NaO8Si2. The van der Waals surface area contributed by atoms with Gasteiger partial charge in [0.05, 0.1) is 34.5 Å². The fraction of sp³-hybridized carbons (Fsp3) is 0.471. The van der Waals surface area contributed by atoms with Gasteiger partial charge in [0.2, 0.25) is 0 Å². The van der Waals surface area contributed by atoms with Crippen LogP contribution in [0, 0.1) is 11.8 Å². The van der Waals surface area contributed by atoms with Gasteiger partial charge in [-0.3, -0.25) is 14.6 Å². The molecule has 4 aliphatic rings. The number of carbonyl (C=O) groups is 1. The Morgan fingerprint density at radius 2 is 0.893 bits per heavy atom. The van der Waals surface area contributed by atoms with Gasteiger partial charge < -0.3 is 34.3 Å². The number of rotatable bonds is 20. The SMILES string of the molecule is COc1cc2c(cc1OC)[C@H]1CC(=O)[C@H](CCCCO[Si](c3ccccc3)(c3ccccc3)C(C)(C)C)CN1CC2.COc1cc2c(cc1OC)[C@H]1C[C@@H](O)[C@H](CCCCO[Si](c3ccccc3)(c3ccccc3)C(C)(C)C)CN1CC2.[B].[H-].[Na+]. The first kappa shape index (κ1) is 67.0. The van der Waals surface area contributed by atoms with E-state index in [0.29, 0.717) is 24.7 Å². The largest absolute Gasteiger partial charge is 1.00 e. The van der Waals surface area contributed by atoms with Crippen LogP contribution >= 0.6 is 0 Å². The van der Waals surface area contributed by atoms with Crippen LogP contribution in [0.5, 0.6) is 23.0 Å². The van der Waals surface area contributed by atoms with Gasteiger partial charge in [-0.1, -0.05) is 176 Å². The molecule has 10 nitrogen and oxygen atoms in total. The number of unbranched alkanes of at least 4 members (excludes halogenated alkanes) is 2. The van der Waals surface area contributed by atoms with Crippen LogP contribution < -0.4 is 69.3 Å². The monoisotopic (exact) mass is 1180 g/mol. The molecule has 1 N–H and O–H groups in total. The van der Waals surface area contributed by atoms with Gasteiger partial charge >= 0.3 is 29.6 Å². The van der Waals surface area contributed by atoms with E-state index in [-0.39, 0.29) is 73.6 Å². The van der Waals surface area contributed by atoms with Gasteiger partial charge in [-0.25, -0.2) is 0 Å². The summed E-state index contributed by atoms with van der Waals surface area (Å²) >= 11 is 0. The van der Waals surface area contributed by atoms with E-state index in [9.17, 15) is 9.90 Å². The molecule has 6 aromatic carbocycles. The number of Topliss-reactive ketones (excluding diaryl/α,β-unsaturated/α-hetero) is 1. The molecule has 5 atom stereocenters. The molecule has 0 saturated carbocycles. The number of hydrogen-bond donors (Lipinski definition) is 1. The Morgan fingerprint density at radius 1 is 0.524 bits per heavy atom. The molecule has 6 aromatic rings. The molecule has 3 radical (unpaired) electrons. The molecule has 0 spiro atoms. The van der Waals surface area contributed by atoms with Gasteiger partial charge in [-0.15, -0.1) is 0 Å². The first-order valence-electron chi connectivity index (χ1n) is 30.2. The van der Waals surface area contributed by atoms with Crippen LogP contribution in [-0.2, 0) is 26.5 Å². The quantitative estimate of drug-likeness (QED) is 0.0593. The number of ketones is 1. The predicted octanol–water partition coefficient (Wildman–Crippen LogP) is 8.41. The van der Waals surface area contributed by atoms with Crippen molar-refractivity contribution in [3.8, 4) is 23.0 Å². The molecule has 4 heterocycles. The molecule has 0 unspecified atom stereocenters. The fourth-order valence-corrected chi connectivity index (χ4v) is 23.4. The van der Waals surface area contributed by atoms with Crippen molar-refractivity contribution >= 4 is 51.6 Å². The Bertz CT molecular complexity index is 2950. The van der Waals surface area contributed by atoms with E-state index in [1.165, 1.54) is 43.0 Å². The second-order valence-corrected chi connectivity index (χ2v) is 33.9. The smallest absolute Gasteiger partial charge is 1.00 e. The van der Waals surface area contributed by atoms with E-state index in [1.807, 2.05) is 0 Å². The predicted molar refractivity (Wildman–Crippen MR) is 344 cm³/mol. The topological polar surface area (TPSA) is 99.2 Å². The van der Waals surface area contributed by atoms with E-state index in [0.717, 1.165) is 114 Å². The number of piperidine rings is 2. The molecular weight excluding hydrogens is 1090 g/mol. The van der Waals surface area contributed by atoms with E-state index >= 15 is 0 Å². The summed E-state index contributed by atoms with van der Waals surface area (Å²) in [6.45, 7) is 19.2. The maximum atomic E-state index is 13.4. The standard InChI is InChI=1S/C35H47NO4Si.C35H45NO4Si.B.Na.H/c2*1-35(2,3)41(28-15-8-6-9-16-28,29-17-10-7-11-18-29)40-21-13-12-14-27-25-36-20-19-26-22-33(38-4)34(39-5)23-30(26)31(36)24-32(27)37;;;/h6-11,15-18,22-23,27,31-32,37H,12-14,19-21,24-25H2,1-5H3;6-11,15-18,22-23,27,31H,12-14,19-21,24-25H2,1-5H3;;;/q;;;+1;-1/t27-,31-,32-;27-,31-;;;/m11.../s1. The normalized spacial score (nSPS) is 19.8. The summed E-state index contributed by atoms with van der Waals surface area (Å²) < 4.78 is 36.4. The molecule has 84 heavy (non-hydrogen) atoms. The molecule has 4 aliphatic heterocycles. The Labute approximate surface area is 530 Å². The van der Waals surface area contributed by atoms with Gasteiger partial charge in [-0.2, -0.15) is 0 Å². The van der Waals surface area contributed by atoms with Crippen LogP contribution in [0.2, 0.25) is 10.1 Å². The first-order valence-corrected chi connectivity index (χ1v) is 34.1. The summed E-state index contributed by atoms with van der Waals surface area (Å²) in [6.07, 6.45) is 8.97. The number of aliphatic hydroxyl groups is 1. The zero-order valence-corrected chi connectivity index (χ0v) is 56.3. The number of methoxy groups -OCH3 is 4. The number of benzene rings is 6. The Kier molecular flexibility index (Phi) is 23.9. The number of ether oxygens (including phenoxy) is 4. The fourth-order valence-electron chi connectivity index (χ4n) is 14.2. The average Bonchev–Trinajstić information content (AvgIpc) is 3.68. The Morgan fingerprint density at radius 3 is 1.29 bits per heavy atom. The maximum Gasteiger partial charge on any atom is 1.00 e. The molecule has 2 fully saturated rings. The van der Waals surface area contributed by atoms with Crippen LogP contribution in [0.15, 0.2) is 146 Å². The van der Waals surface area contributed by atoms with Gasteiger partial charge in [0.25, 0.3) is 16.6 Å². The van der Waals surface area contributed by atoms with Crippen molar-refractivity contribution in [2.24, 2.45) is 11.8 Å². The molecule has 0 amide bonds. The van der Waals surface area contributed by atoms with Crippen LogP contribution in [0.25, 0.3) is 0 Å². The van der Waals surface area contributed by atoms with Crippen molar-refractivity contribution in [2.45, 2.75) is 134 Å². The summed E-state index contributed by atoms with van der Waals surface area (Å²) in [6, 6.07) is 52.2. The minimum atomic E-state index is -2.52. The van der Waals surface area contributed by atoms with E-state index in [2.05, 4.69) is 197 Å². The summed E-state index contributed by atoms with van der Waals surface area (Å²) in [5, 5.41) is 16.5. The van der Waals surface area contributed by atoms with Crippen molar-refractivity contribution < 1.29 is 68.7 Å². The van der Waals surface area contributed by atoms with E-state index < -0.39 is 16.6 Å². The summed E-state index contributed by atoms with van der Waals surface area (Å²) in [4.78, 5) is 18.4. The zero-order valence-electron chi connectivity index (χ0n) is 53.3. The minimum absolute atomic E-state index is 0. The minimum Gasteiger partial charge on any atom is -1.00 e. The van der Waals surface area contributed by atoms with Crippen LogP contribution in [0.4, 0.5) is 0 Å². The average molecular weight is 1180 g/mol. The molecule has 14 heteroatoms. The van der Waals surface area contributed by atoms with Crippen LogP contribution in [-0.4, -0.2) is 120 Å². The van der Waals surface area contributed by atoms with Crippen molar-refractivity contribution in [2.75, 3.05) is 67.8 Å². The van der Waals surface area contributed by atoms with Gasteiger partial charge in [0.15, 0.2) is 23.0 Å². The van der Waals surface area contributed by atoms with Crippen molar-refractivity contribution in [1.29, 1.82) is 0 Å². The third-order valence-electron chi connectivity index (χ3n) is 18.4. The van der Waals surface area contributed by atoms with Crippen molar-refractivity contribution in [3.63, 3.8) is 0 Å². The second-order valence-electron chi connectivity index (χ2n) is 25.3. The molecule has 443 valence electrons. The second kappa shape index (κ2) is 29.9. The Balaban J connectivity index is 0.000000263. The number of fused-ring (bicyclic) bond motifs is 6. The summed E-state index contributed by atoms with van der Waals surface area (Å²) in [7, 11) is 1.70. The third-order valence-corrected chi connectivity index (χ3v) is 28.5. The number of aliphatic hydroxyl groups excluding tert-OH is 1.